The number of aromatic nitrogens is 2. The molecule has 0 saturated carbocycles. The van der Waals surface area contributed by atoms with E-state index in [0.29, 0.717) is 11.3 Å². The molecule has 1 aliphatic heterocycles. The number of para-hydroxylation sites is 2. The smallest absolute Gasteiger partial charge is 0.289 e. The van der Waals surface area contributed by atoms with Crippen molar-refractivity contribution in [3.05, 3.63) is 82.2 Å². The van der Waals surface area contributed by atoms with Crippen molar-refractivity contribution in [3.8, 4) is 5.69 Å². The van der Waals surface area contributed by atoms with Crippen LogP contribution in [0.3, 0.4) is 0 Å². The number of carbonyl (C=O) groups is 1. The number of carbonyl (C=O) groups excluding carboxylic acids is 1. The monoisotopic (exact) mass is 455 g/mol. The molecule has 1 aromatic heterocycles. The molecule has 0 N–H and O–H groups in total. The summed E-state index contributed by atoms with van der Waals surface area (Å²) in [7, 11) is -4.05. The maximum atomic E-state index is 13.1. The SMILES string of the molecule is Cc1c(C(=O)N2CCN(S(=O)(=O)c3ccccc3[N+](=O)[O-])CC2)cnn1-c1ccccc1. The molecule has 32 heavy (non-hydrogen) atoms. The molecule has 4 rings (SSSR count). The molecule has 1 aliphatic rings. The minimum absolute atomic E-state index is 0.0476. The summed E-state index contributed by atoms with van der Waals surface area (Å²) in [4.78, 5) is 24.8. The van der Waals surface area contributed by atoms with Crippen LogP contribution < -0.4 is 0 Å². The van der Waals surface area contributed by atoms with Crippen molar-refractivity contribution >= 4 is 21.6 Å². The minimum atomic E-state index is -4.05. The van der Waals surface area contributed by atoms with E-state index in [1.165, 1.54) is 34.8 Å². The highest BCUT2D eigenvalue weighted by Crippen LogP contribution is 2.27. The lowest BCUT2D eigenvalue weighted by Gasteiger charge is -2.33. The van der Waals surface area contributed by atoms with Gasteiger partial charge in [-0.15, -0.1) is 0 Å². The summed E-state index contributed by atoms with van der Waals surface area (Å²) in [5.41, 5.74) is 1.51. The van der Waals surface area contributed by atoms with Gasteiger partial charge in [-0.3, -0.25) is 14.9 Å². The third kappa shape index (κ3) is 3.87. The largest absolute Gasteiger partial charge is 0.336 e. The van der Waals surface area contributed by atoms with Gasteiger partial charge in [0, 0.05) is 32.2 Å². The average molecular weight is 455 g/mol. The number of hydrogen-bond donors (Lipinski definition) is 0. The van der Waals surface area contributed by atoms with Crippen LogP contribution in [-0.2, 0) is 10.0 Å². The van der Waals surface area contributed by atoms with Crippen molar-refractivity contribution in [1.82, 2.24) is 19.0 Å². The van der Waals surface area contributed by atoms with Crippen LogP contribution >= 0.6 is 0 Å². The Morgan fingerprint density at radius 1 is 1.00 bits per heavy atom. The molecule has 10 nitrogen and oxygen atoms in total. The van der Waals surface area contributed by atoms with Crippen LogP contribution in [0, 0.1) is 17.0 Å². The summed E-state index contributed by atoms with van der Waals surface area (Å²) < 4.78 is 28.8. The van der Waals surface area contributed by atoms with Gasteiger partial charge in [-0.1, -0.05) is 30.3 Å². The van der Waals surface area contributed by atoms with Crippen molar-refractivity contribution in [2.45, 2.75) is 11.8 Å². The number of rotatable bonds is 5. The average Bonchev–Trinajstić information content (AvgIpc) is 3.20. The second-order valence-corrected chi connectivity index (χ2v) is 9.22. The summed E-state index contributed by atoms with van der Waals surface area (Å²) in [6.07, 6.45) is 1.51. The van der Waals surface area contributed by atoms with E-state index in [1.807, 2.05) is 37.3 Å². The first-order valence-electron chi connectivity index (χ1n) is 9.93. The second-order valence-electron chi connectivity index (χ2n) is 7.31. The Kier molecular flexibility index (Phi) is 5.76. The maximum Gasteiger partial charge on any atom is 0.289 e. The molecule has 1 fully saturated rings. The van der Waals surface area contributed by atoms with Crippen LogP contribution in [0.25, 0.3) is 5.69 Å². The fraction of sp³-hybridized carbons (Fsp3) is 0.238. The van der Waals surface area contributed by atoms with Crippen molar-refractivity contribution in [2.75, 3.05) is 26.2 Å². The molecule has 0 radical (unpaired) electrons. The van der Waals surface area contributed by atoms with E-state index in [9.17, 15) is 23.3 Å². The lowest BCUT2D eigenvalue weighted by molar-refractivity contribution is -0.387. The van der Waals surface area contributed by atoms with Crippen LogP contribution in [0.15, 0.2) is 65.7 Å². The molecule has 166 valence electrons. The Bertz CT molecular complexity index is 1260. The van der Waals surface area contributed by atoms with E-state index in [2.05, 4.69) is 5.10 Å². The van der Waals surface area contributed by atoms with Gasteiger partial charge in [0.05, 0.1) is 28.1 Å². The van der Waals surface area contributed by atoms with E-state index in [1.54, 1.807) is 9.58 Å². The summed E-state index contributed by atoms with van der Waals surface area (Å²) >= 11 is 0. The Morgan fingerprint density at radius 3 is 2.28 bits per heavy atom. The number of benzene rings is 2. The summed E-state index contributed by atoms with van der Waals surface area (Å²) in [6.45, 7) is 2.25. The Labute approximate surface area is 184 Å². The normalized spacial score (nSPS) is 15.0. The summed E-state index contributed by atoms with van der Waals surface area (Å²) in [6, 6.07) is 14.7. The standard InChI is InChI=1S/C21H21N5O5S/c1-16-18(15-22-25(16)17-7-3-2-4-8-17)21(27)23-11-13-24(14-12-23)32(30,31)20-10-6-5-9-19(20)26(28)29/h2-10,15H,11-14H2,1H3. The topological polar surface area (TPSA) is 119 Å². The molecule has 0 bridgehead atoms. The fourth-order valence-electron chi connectivity index (χ4n) is 3.72. The number of nitro groups is 1. The van der Waals surface area contributed by atoms with Gasteiger partial charge in [0.1, 0.15) is 0 Å². The van der Waals surface area contributed by atoms with Crippen molar-refractivity contribution < 1.29 is 18.1 Å². The first-order chi connectivity index (χ1) is 15.3. The predicted molar refractivity (Wildman–Crippen MR) is 116 cm³/mol. The third-order valence-corrected chi connectivity index (χ3v) is 7.39. The van der Waals surface area contributed by atoms with Gasteiger partial charge in [-0.25, -0.2) is 13.1 Å². The molecule has 11 heteroatoms. The fourth-order valence-corrected chi connectivity index (χ4v) is 5.30. The van der Waals surface area contributed by atoms with E-state index < -0.39 is 20.6 Å². The highest BCUT2D eigenvalue weighted by atomic mass is 32.2. The van der Waals surface area contributed by atoms with Crippen LogP contribution in [0.5, 0.6) is 0 Å². The van der Waals surface area contributed by atoms with Gasteiger partial charge >= 0.3 is 0 Å². The molecule has 2 heterocycles. The molecular weight excluding hydrogens is 434 g/mol. The number of hydrogen-bond acceptors (Lipinski definition) is 6. The molecule has 0 unspecified atom stereocenters. The third-order valence-electron chi connectivity index (χ3n) is 5.45. The lowest BCUT2D eigenvalue weighted by Crippen LogP contribution is -2.50. The van der Waals surface area contributed by atoms with E-state index in [-0.39, 0.29) is 37.0 Å². The molecule has 1 saturated heterocycles. The quantitative estimate of drug-likeness (QED) is 0.430. The van der Waals surface area contributed by atoms with E-state index in [0.717, 1.165) is 5.69 Å². The molecule has 0 aliphatic carbocycles. The first-order valence-corrected chi connectivity index (χ1v) is 11.4. The van der Waals surface area contributed by atoms with E-state index >= 15 is 0 Å². The number of nitrogens with zero attached hydrogens (tertiary/aromatic N) is 5. The highest BCUT2D eigenvalue weighted by Gasteiger charge is 2.35. The van der Waals surface area contributed by atoms with Crippen molar-refractivity contribution in [3.63, 3.8) is 0 Å². The Morgan fingerprint density at radius 2 is 1.62 bits per heavy atom. The number of amides is 1. The van der Waals surface area contributed by atoms with Crippen LogP contribution in [0.2, 0.25) is 0 Å². The molecule has 1 amide bonds. The lowest BCUT2D eigenvalue weighted by atomic mass is 10.2. The predicted octanol–water partition coefficient (Wildman–Crippen LogP) is 2.24. The first kappa shape index (κ1) is 21.7. The van der Waals surface area contributed by atoms with Crippen LogP contribution in [0.4, 0.5) is 5.69 Å². The molecule has 0 spiro atoms. The second kappa shape index (κ2) is 8.52. The molecule has 2 aromatic carbocycles. The Hall–Kier alpha value is -3.57. The zero-order valence-electron chi connectivity index (χ0n) is 17.3. The van der Waals surface area contributed by atoms with E-state index in [4.69, 9.17) is 0 Å². The molecule has 0 atom stereocenters. The van der Waals surface area contributed by atoms with Gasteiger partial charge in [0.25, 0.3) is 11.6 Å². The number of nitro benzene ring substituents is 1. The molecule has 3 aromatic rings. The zero-order chi connectivity index (χ0) is 22.9. The van der Waals surface area contributed by atoms with Gasteiger partial charge < -0.3 is 4.90 Å². The van der Waals surface area contributed by atoms with Gasteiger partial charge in [-0.05, 0) is 25.1 Å². The zero-order valence-corrected chi connectivity index (χ0v) is 18.1. The molecular formula is C21H21N5O5S. The summed E-state index contributed by atoms with van der Waals surface area (Å²) in [5, 5.41) is 15.6. The van der Waals surface area contributed by atoms with Gasteiger partial charge in [0.2, 0.25) is 10.0 Å². The highest BCUT2D eigenvalue weighted by molar-refractivity contribution is 7.89. The minimum Gasteiger partial charge on any atom is -0.336 e. The Balaban J connectivity index is 1.49. The van der Waals surface area contributed by atoms with Crippen molar-refractivity contribution in [1.29, 1.82) is 0 Å². The summed E-state index contributed by atoms with van der Waals surface area (Å²) in [5.74, 6) is -0.229. The van der Waals surface area contributed by atoms with Crippen LogP contribution in [0.1, 0.15) is 16.1 Å². The van der Waals surface area contributed by atoms with Crippen molar-refractivity contribution in [2.24, 2.45) is 0 Å². The van der Waals surface area contributed by atoms with Gasteiger partial charge in [0.15, 0.2) is 4.90 Å². The maximum absolute atomic E-state index is 13.1. The number of piperazine rings is 1. The number of sulfonamides is 1. The van der Waals surface area contributed by atoms with Gasteiger partial charge in [-0.2, -0.15) is 9.40 Å². The van der Waals surface area contributed by atoms with Crippen LogP contribution in [-0.4, -0.2) is 64.4 Å².